The smallest absolute Gasteiger partial charge is 0.277 e. The summed E-state index contributed by atoms with van der Waals surface area (Å²) in [5.41, 5.74) is 0.0725. The highest BCUT2D eigenvalue weighted by Gasteiger charge is 2.41. The van der Waals surface area contributed by atoms with Crippen molar-refractivity contribution in [2.75, 3.05) is 17.3 Å². The third-order valence-corrected chi connectivity index (χ3v) is 5.98. The van der Waals surface area contributed by atoms with E-state index in [2.05, 4.69) is 0 Å². The number of nitrogens with zero attached hydrogens (tertiary/aromatic N) is 1. The van der Waals surface area contributed by atoms with Gasteiger partial charge in [0.05, 0.1) is 18.5 Å². The van der Waals surface area contributed by atoms with E-state index >= 15 is 0 Å². The monoisotopic (exact) mass is 367 g/mol. The van der Waals surface area contributed by atoms with Gasteiger partial charge in [-0.3, -0.25) is 0 Å². The molecule has 1 heterocycles. The van der Waals surface area contributed by atoms with E-state index in [-0.39, 0.29) is 0 Å². The van der Waals surface area contributed by atoms with E-state index in [0.29, 0.717) is 41.6 Å². The number of alkyl halides is 1. The molecule has 0 bridgehead atoms. The minimum absolute atomic E-state index is 0.325. The number of hydrogen-bond donors (Lipinski definition) is 0. The van der Waals surface area contributed by atoms with Crippen LogP contribution in [0.25, 0.3) is 0 Å². The minimum Gasteiger partial charge on any atom is -0.497 e. The third-order valence-electron chi connectivity index (χ3n) is 3.80. The van der Waals surface area contributed by atoms with Crippen LogP contribution >= 0.6 is 11.6 Å². The zero-order chi connectivity index (χ0) is 17.2. The number of hydrogen-bond acceptors (Lipinski definition) is 4. The molecule has 1 unspecified atom stereocenters. The van der Waals surface area contributed by atoms with Gasteiger partial charge in [-0.15, -0.1) is 11.6 Å². The van der Waals surface area contributed by atoms with Crippen LogP contribution in [0.4, 0.5) is 11.4 Å². The number of para-hydroxylation sites is 1. The Balaban J connectivity index is 2.14. The number of benzene rings is 2. The highest BCUT2D eigenvalue weighted by molar-refractivity contribution is 7.93. The molecule has 1 atom stereocenters. The number of methoxy groups -OCH3 is 1. The molecule has 0 radical (unpaired) electrons. The van der Waals surface area contributed by atoms with Crippen LogP contribution < -0.4 is 13.8 Å². The molecular formula is C17H18ClNO4S. The average Bonchev–Trinajstić information content (AvgIpc) is 2.60. The molecule has 0 fully saturated rings. The maximum Gasteiger partial charge on any atom is 0.277 e. The van der Waals surface area contributed by atoms with E-state index in [1.165, 1.54) is 4.31 Å². The SMILES string of the molecule is COc1ccc2c(c1)OC(CCCCl)S(=O)(=O)N2c1ccccc1. The van der Waals surface area contributed by atoms with Crippen molar-refractivity contribution in [2.45, 2.75) is 18.3 Å². The molecule has 2 aromatic carbocycles. The van der Waals surface area contributed by atoms with Crippen molar-refractivity contribution >= 4 is 33.0 Å². The van der Waals surface area contributed by atoms with Crippen molar-refractivity contribution < 1.29 is 17.9 Å². The van der Waals surface area contributed by atoms with Gasteiger partial charge in [-0.25, -0.2) is 12.7 Å². The van der Waals surface area contributed by atoms with Crippen LogP contribution in [-0.4, -0.2) is 26.8 Å². The van der Waals surface area contributed by atoms with Gasteiger partial charge in [0.15, 0.2) is 0 Å². The first-order chi connectivity index (χ1) is 11.6. The molecule has 0 saturated heterocycles. The second-order valence-corrected chi connectivity index (χ2v) is 7.66. The molecule has 1 aliphatic rings. The van der Waals surface area contributed by atoms with E-state index in [9.17, 15) is 8.42 Å². The van der Waals surface area contributed by atoms with Gasteiger partial charge < -0.3 is 9.47 Å². The Morgan fingerprint density at radius 3 is 2.62 bits per heavy atom. The van der Waals surface area contributed by atoms with Gasteiger partial charge in [0.2, 0.25) is 5.44 Å². The molecule has 0 amide bonds. The summed E-state index contributed by atoms with van der Waals surface area (Å²) in [4.78, 5) is 0. The van der Waals surface area contributed by atoms with Gasteiger partial charge in [0, 0.05) is 18.4 Å². The normalized spacial score (nSPS) is 18.6. The Kier molecular flexibility index (Phi) is 4.87. The zero-order valence-corrected chi connectivity index (χ0v) is 14.8. The lowest BCUT2D eigenvalue weighted by Gasteiger charge is -2.35. The van der Waals surface area contributed by atoms with Crippen LogP contribution in [0.15, 0.2) is 48.5 Å². The molecule has 0 N–H and O–H groups in total. The van der Waals surface area contributed by atoms with Gasteiger partial charge in [-0.1, -0.05) is 18.2 Å². The van der Waals surface area contributed by atoms with Crippen LogP contribution in [0.3, 0.4) is 0 Å². The Hall–Kier alpha value is -1.92. The van der Waals surface area contributed by atoms with Crippen LogP contribution in [0.2, 0.25) is 0 Å². The number of halogens is 1. The molecule has 5 nitrogen and oxygen atoms in total. The fraction of sp³-hybridized carbons (Fsp3) is 0.294. The molecule has 128 valence electrons. The lowest BCUT2D eigenvalue weighted by Crippen LogP contribution is -2.43. The first kappa shape index (κ1) is 16.9. The lowest BCUT2D eigenvalue weighted by molar-refractivity contribution is 0.256. The summed E-state index contributed by atoms with van der Waals surface area (Å²) >= 11 is 5.73. The van der Waals surface area contributed by atoms with Crippen molar-refractivity contribution in [1.29, 1.82) is 0 Å². The Labute approximate surface area is 146 Å². The Morgan fingerprint density at radius 2 is 1.96 bits per heavy atom. The van der Waals surface area contributed by atoms with E-state index in [4.69, 9.17) is 21.1 Å². The summed E-state index contributed by atoms with van der Waals surface area (Å²) in [6.45, 7) is 0. The largest absolute Gasteiger partial charge is 0.497 e. The summed E-state index contributed by atoms with van der Waals surface area (Å²) in [5, 5.41) is 0. The number of rotatable bonds is 5. The van der Waals surface area contributed by atoms with Gasteiger partial charge >= 0.3 is 0 Å². The molecule has 0 saturated carbocycles. The maximum atomic E-state index is 13.1. The Morgan fingerprint density at radius 1 is 1.21 bits per heavy atom. The Bertz CT molecular complexity index is 811. The van der Waals surface area contributed by atoms with Crippen LogP contribution in [0.5, 0.6) is 11.5 Å². The standard InChI is InChI=1S/C17H18ClNO4S/c1-22-14-9-10-15-16(12-14)23-17(8-5-11-18)24(20,21)19(15)13-6-3-2-4-7-13/h2-4,6-7,9-10,12,17H,5,8,11H2,1H3. The zero-order valence-electron chi connectivity index (χ0n) is 13.2. The molecule has 0 spiro atoms. The van der Waals surface area contributed by atoms with Gasteiger partial charge in [0.25, 0.3) is 10.0 Å². The molecule has 7 heteroatoms. The van der Waals surface area contributed by atoms with Crippen LogP contribution in [0, 0.1) is 0 Å². The first-order valence-corrected chi connectivity index (χ1v) is 9.61. The van der Waals surface area contributed by atoms with Gasteiger partial charge in [0.1, 0.15) is 11.5 Å². The topological polar surface area (TPSA) is 55.8 Å². The molecule has 24 heavy (non-hydrogen) atoms. The average molecular weight is 368 g/mol. The molecule has 0 aliphatic carbocycles. The quantitative estimate of drug-likeness (QED) is 0.752. The van der Waals surface area contributed by atoms with Crippen molar-refractivity contribution in [1.82, 2.24) is 0 Å². The van der Waals surface area contributed by atoms with Crippen molar-refractivity contribution in [3.63, 3.8) is 0 Å². The second kappa shape index (κ2) is 6.91. The fourth-order valence-electron chi connectivity index (χ4n) is 2.64. The molecule has 1 aliphatic heterocycles. The predicted molar refractivity (Wildman–Crippen MR) is 94.9 cm³/mol. The van der Waals surface area contributed by atoms with Crippen molar-refractivity contribution in [2.24, 2.45) is 0 Å². The van der Waals surface area contributed by atoms with Crippen LogP contribution in [0.1, 0.15) is 12.8 Å². The van der Waals surface area contributed by atoms with Gasteiger partial charge in [-0.2, -0.15) is 0 Å². The van der Waals surface area contributed by atoms with E-state index in [1.54, 1.807) is 49.6 Å². The van der Waals surface area contributed by atoms with Crippen LogP contribution in [-0.2, 0) is 10.0 Å². The maximum absolute atomic E-state index is 13.1. The molecule has 2 aromatic rings. The summed E-state index contributed by atoms with van der Waals surface area (Å²) in [5.74, 6) is 1.47. The summed E-state index contributed by atoms with van der Waals surface area (Å²) in [6, 6.07) is 14.1. The lowest BCUT2D eigenvalue weighted by atomic mass is 10.2. The van der Waals surface area contributed by atoms with Crippen molar-refractivity contribution in [3.05, 3.63) is 48.5 Å². The molecular weight excluding hydrogens is 350 g/mol. The number of fused-ring (bicyclic) bond motifs is 1. The third kappa shape index (κ3) is 3.03. The minimum atomic E-state index is -3.71. The molecule has 3 rings (SSSR count). The highest BCUT2D eigenvalue weighted by atomic mass is 35.5. The number of anilines is 2. The highest BCUT2D eigenvalue weighted by Crippen LogP contribution is 2.44. The fourth-order valence-corrected chi connectivity index (χ4v) is 4.56. The first-order valence-electron chi connectivity index (χ1n) is 7.58. The summed E-state index contributed by atoms with van der Waals surface area (Å²) in [6.07, 6.45) is 0.874. The second-order valence-electron chi connectivity index (χ2n) is 5.36. The summed E-state index contributed by atoms with van der Waals surface area (Å²) in [7, 11) is -2.15. The number of ether oxygens (including phenoxy) is 2. The van der Waals surface area contributed by atoms with Crippen molar-refractivity contribution in [3.8, 4) is 11.5 Å². The molecule has 0 aromatic heterocycles. The summed E-state index contributed by atoms with van der Waals surface area (Å²) < 4.78 is 38.5. The van der Waals surface area contributed by atoms with E-state index < -0.39 is 15.5 Å². The predicted octanol–water partition coefficient (Wildman–Crippen LogP) is 3.90. The van der Waals surface area contributed by atoms with Gasteiger partial charge in [-0.05, 0) is 30.7 Å². The van der Waals surface area contributed by atoms with E-state index in [1.807, 2.05) is 6.07 Å². The van der Waals surface area contributed by atoms with E-state index in [0.717, 1.165) is 0 Å². The number of sulfonamides is 1.